The van der Waals surface area contributed by atoms with Crippen LogP contribution in [0.4, 0.5) is 10.1 Å². The molecule has 25 heavy (non-hydrogen) atoms. The van der Waals surface area contributed by atoms with Crippen LogP contribution in [-0.2, 0) is 4.79 Å². The van der Waals surface area contributed by atoms with Crippen molar-refractivity contribution >= 4 is 28.2 Å². The van der Waals surface area contributed by atoms with Crippen molar-refractivity contribution < 1.29 is 9.18 Å². The van der Waals surface area contributed by atoms with Gasteiger partial charge in [0.2, 0.25) is 0 Å². The van der Waals surface area contributed by atoms with Gasteiger partial charge in [0.15, 0.2) is 0 Å². The van der Waals surface area contributed by atoms with Crippen molar-refractivity contribution in [2.24, 2.45) is 0 Å². The van der Waals surface area contributed by atoms with Crippen molar-refractivity contribution in [1.29, 1.82) is 0 Å². The SMILES string of the molecule is CC#CC(=O)Nc1cc(-c2cnc(C)c(/C(Cl)=C\CC)c2)ccc1F. The molecule has 2 aromatic rings. The van der Waals surface area contributed by atoms with Crippen LogP contribution >= 0.6 is 11.6 Å². The van der Waals surface area contributed by atoms with Gasteiger partial charge in [0.05, 0.1) is 5.69 Å². The van der Waals surface area contributed by atoms with Crippen LogP contribution in [-0.4, -0.2) is 10.9 Å². The Bertz CT molecular complexity index is 894. The van der Waals surface area contributed by atoms with E-state index in [9.17, 15) is 9.18 Å². The molecule has 2 rings (SSSR count). The number of halogens is 2. The average Bonchev–Trinajstić information content (AvgIpc) is 2.58. The van der Waals surface area contributed by atoms with Crippen molar-refractivity contribution in [2.45, 2.75) is 27.2 Å². The first-order valence-corrected chi connectivity index (χ1v) is 8.20. The second kappa shape index (κ2) is 8.46. The van der Waals surface area contributed by atoms with Crippen LogP contribution < -0.4 is 5.32 Å². The van der Waals surface area contributed by atoms with Gasteiger partial charge >= 0.3 is 0 Å². The van der Waals surface area contributed by atoms with Gasteiger partial charge in [0.1, 0.15) is 5.82 Å². The highest BCUT2D eigenvalue weighted by Crippen LogP contribution is 2.29. The molecular formula is C20H18ClFN2O. The summed E-state index contributed by atoms with van der Waals surface area (Å²) in [5.74, 6) is 3.71. The third-order valence-corrected chi connectivity index (χ3v) is 3.87. The van der Waals surface area contributed by atoms with Gasteiger partial charge in [-0.1, -0.05) is 36.6 Å². The van der Waals surface area contributed by atoms with E-state index in [0.717, 1.165) is 28.8 Å². The van der Waals surface area contributed by atoms with E-state index >= 15 is 0 Å². The van der Waals surface area contributed by atoms with Crippen molar-refractivity contribution in [2.75, 3.05) is 5.32 Å². The summed E-state index contributed by atoms with van der Waals surface area (Å²) in [6.07, 6.45) is 4.42. The fourth-order valence-electron chi connectivity index (χ4n) is 2.29. The molecule has 0 radical (unpaired) electrons. The minimum atomic E-state index is -0.560. The first kappa shape index (κ1) is 18.7. The number of nitrogens with zero attached hydrogens (tertiary/aromatic N) is 1. The Morgan fingerprint density at radius 3 is 2.80 bits per heavy atom. The molecule has 128 valence electrons. The number of aryl methyl sites for hydroxylation is 1. The predicted molar refractivity (Wildman–Crippen MR) is 101 cm³/mol. The molecule has 0 spiro atoms. The number of aromatic nitrogens is 1. The number of rotatable bonds is 4. The fourth-order valence-corrected chi connectivity index (χ4v) is 2.64. The molecule has 0 fully saturated rings. The second-order valence-electron chi connectivity index (χ2n) is 5.34. The summed E-state index contributed by atoms with van der Waals surface area (Å²) in [5.41, 5.74) is 3.21. The molecular weight excluding hydrogens is 339 g/mol. The maximum absolute atomic E-state index is 13.9. The van der Waals surface area contributed by atoms with Gasteiger partial charge in [-0.2, -0.15) is 0 Å². The summed E-state index contributed by atoms with van der Waals surface area (Å²) in [7, 11) is 0. The zero-order valence-corrected chi connectivity index (χ0v) is 15.0. The van der Waals surface area contributed by atoms with Crippen LogP contribution in [0.2, 0.25) is 0 Å². The van der Waals surface area contributed by atoms with Crippen LogP contribution in [0.3, 0.4) is 0 Å². The summed E-state index contributed by atoms with van der Waals surface area (Å²) in [6, 6.07) is 6.39. The number of carbonyl (C=O) groups excluding carboxylic acids is 1. The molecule has 0 atom stereocenters. The highest BCUT2D eigenvalue weighted by molar-refractivity contribution is 6.48. The Labute approximate surface area is 151 Å². The van der Waals surface area contributed by atoms with Crippen molar-refractivity contribution in [3.63, 3.8) is 0 Å². The van der Waals surface area contributed by atoms with E-state index in [1.165, 1.54) is 6.07 Å². The molecule has 1 N–H and O–H groups in total. The van der Waals surface area contributed by atoms with Crippen molar-refractivity contribution in [3.05, 3.63) is 53.6 Å². The molecule has 0 bridgehead atoms. The average molecular weight is 357 g/mol. The molecule has 0 unspecified atom stereocenters. The number of nitrogens with one attached hydrogen (secondary N) is 1. The smallest absolute Gasteiger partial charge is 0.300 e. The monoisotopic (exact) mass is 356 g/mol. The quantitative estimate of drug-likeness (QED) is 0.770. The van der Waals surface area contributed by atoms with Gasteiger partial charge in [0, 0.05) is 28.0 Å². The maximum atomic E-state index is 13.9. The number of anilines is 1. The maximum Gasteiger partial charge on any atom is 0.300 e. The highest BCUT2D eigenvalue weighted by atomic mass is 35.5. The molecule has 1 aromatic heterocycles. The van der Waals surface area contributed by atoms with Gasteiger partial charge in [-0.05, 0) is 50.0 Å². The Kier molecular flexibility index (Phi) is 6.32. The third-order valence-electron chi connectivity index (χ3n) is 3.51. The zero-order chi connectivity index (χ0) is 18.4. The first-order chi connectivity index (χ1) is 12.0. The molecule has 5 heteroatoms. The number of carbonyl (C=O) groups is 1. The zero-order valence-electron chi connectivity index (χ0n) is 14.3. The lowest BCUT2D eigenvalue weighted by atomic mass is 10.0. The Morgan fingerprint density at radius 1 is 1.36 bits per heavy atom. The topological polar surface area (TPSA) is 42.0 Å². The number of allylic oxidation sites excluding steroid dienone is 1. The summed E-state index contributed by atoms with van der Waals surface area (Å²) >= 11 is 6.32. The van der Waals surface area contributed by atoms with E-state index in [1.807, 2.05) is 26.0 Å². The minimum Gasteiger partial charge on any atom is -0.313 e. The van der Waals surface area contributed by atoms with Gasteiger partial charge in [-0.15, -0.1) is 0 Å². The highest BCUT2D eigenvalue weighted by Gasteiger charge is 2.10. The summed E-state index contributed by atoms with van der Waals surface area (Å²) in [5, 5.41) is 3.07. The Hall–Kier alpha value is -2.64. The lowest BCUT2D eigenvalue weighted by Gasteiger charge is -2.10. The van der Waals surface area contributed by atoms with Crippen LogP contribution in [0.15, 0.2) is 36.5 Å². The molecule has 1 aromatic carbocycles. The normalized spacial score (nSPS) is 10.8. The van der Waals surface area contributed by atoms with Crippen LogP contribution in [0.5, 0.6) is 0 Å². The summed E-state index contributed by atoms with van der Waals surface area (Å²) in [6.45, 7) is 5.42. The van der Waals surface area contributed by atoms with Gasteiger partial charge in [-0.3, -0.25) is 9.78 Å². The Balaban J connectivity index is 2.45. The van der Waals surface area contributed by atoms with E-state index in [-0.39, 0.29) is 5.69 Å². The molecule has 0 saturated carbocycles. The second-order valence-corrected chi connectivity index (χ2v) is 5.75. The number of hydrogen-bond acceptors (Lipinski definition) is 2. The number of hydrogen-bond donors (Lipinski definition) is 1. The first-order valence-electron chi connectivity index (χ1n) is 7.82. The lowest BCUT2D eigenvalue weighted by Crippen LogP contribution is -2.09. The lowest BCUT2D eigenvalue weighted by molar-refractivity contribution is -0.111. The molecule has 3 nitrogen and oxygen atoms in total. The molecule has 0 aliphatic heterocycles. The number of pyridine rings is 1. The van der Waals surface area contributed by atoms with Crippen LogP contribution in [0.1, 0.15) is 31.5 Å². The molecule has 1 heterocycles. The van der Waals surface area contributed by atoms with E-state index in [1.54, 1.807) is 25.3 Å². The number of amides is 1. The van der Waals surface area contributed by atoms with E-state index in [0.29, 0.717) is 5.03 Å². The minimum absolute atomic E-state index is 0.0718. The van der Waals surface area contributed by atoms with E-state index in [2.05, 4.69) is 22.1 Å². The summed E-state index contributed by atoms with van der Waals surface area (Å²) < 4.78 is 13.9. The fraction of sp³-hybridized carbons (Fsp3) is 0.200. The predicted octanol–water partition coefficient (Wildman–Crippen LogP) is 5.15. The molecule has 1 amide bonds. The number of benzene rings is 1. The van der Waals surface area contributed by atoms with Crippen molar-refractivity contribution in [1.82, 2.24) is 4.98 Å². The van der Waals surface area contributed by atoms with Crippen molar-refractivity contribution in [3.8, 4) is 23.0 Å². The van der Waals surface area contributed by atoms with Gasteiger partial charge < -0.3 is 5.32 Å². The van der Waals surface area contributed by atoms with Crippen LogP contribution in [0.25, 0.3) is 16.2 Å². The van der Waals surface area contributed by atoms with Crippen LogP contribution in [0, 0.1) is 24.6 Å². The van der Waals surface area contributed by atoms with E-state index in [4.69, 9.17) is 11.6 Å². The summed E-state index contributed by atoms with van der Waals surface area (Å²) in [4.78, 5) is 16.0. The standard InChI is InChI=1S/C20H18ClFN2O/c1-4-6-17(21)16-10-15(12-23-13(16)3)14-8-9-18(22)19(11-14)24-20(25)7-5-2/h6,8-12H,4H2,1-3H3,(H,24,25)/b17-6+. The third kappa shape index (κ3) is 4.68. The molecule has 0 aliphatic carbocycles. The van der Waals surface area contributed by atoms with E-state index < -0.39 is 11.7 Å². The largest absolute Gasteiger partial charge is 0.313 e. The molecule has 0 aliphatic rings. The van der Waals surface area contributed by atoms with Gasteiger partial charge in [0.25, 0.3) is 5.91 Å². The Morgan fingerprint density at radius 2 is 2.12 bits per heavy atom. The van der Waals surface area contributed by atoms with Gasteiger partial charge in [-0.25, -0.2) is 4.39 Å². The molecule has 0 saturated heterocycles.